The highest BCUT2D eigenvalue weighted by Crippen LogP contribution is 2.37. The van der Waals surface area contributed by atoms with Gasteiger partial charge < -0.3 is 9.55 Å². The first kappa shape index (κ1) is 15.2. The van der Waals surface area contributed by atoms with Crippen molar-refractivity contribution in [3.05, 3.63) is 97.1 Å². The third kappa shape index (κ3) is 2.13. The van der Waals surface area contributed by atoms with Crippen LogP contribution in [0.15, 0.2) is 97.1 Å². The van der Waals surface area contributed by atoms with Gasteiger partial charge in [0, 0.05) is 22.0 Å². The fourth-order valence-electron chi connectivity index (χ4n) is 4.14. The molecular weight excluding hydrogens is 342 g/mol. The Bertz CT molecular complexity index is 1420. The monoisotopic (exact) mass is 359 g/mol. The lowest BCUT2D eigenvalue weighted by atomic mass is 10.1. The highest BCUT2D eigenvalue weighted by atomic mass is 15.0. The lowest BCUT2D eigenvalue weighted by Gasteiger charge is -2.10. The molecule has 0 radical (unpaired) electrons. The maximum absolute atomic E-state index is 4.87. The molecule has 6 rings (SSSR count). The largest absolute Gasteiger partial charge is 0.338 e. The molecule has 0 aliphatic heterocycles. The second kappa shape index (κ2) is 5.83. The number of rotatable bonds is 2. The zero-order valence-electron chi connectivity index (χ0n) is 15.1. The summed E-state index contributed by atoms with van der Waals surface area (Å²) in [4.78, 5) is 8.37. The van der Waals surface area contributed by atoms with Crippen LogP contribution in [0.25, 0.3) is 49.9 Å². The minimum Gasteiger partial charge on any atom is -0.338 e. The van der Waals surface area contributed by atoms with E-state index in [-0.39, 0.29) is 0 Å². The Morgan fingerprint density at radius 1 is 0.643 bits per heavy atom. The van der Waals surface area contributed by atoms with Crippen LogP contribution in [0.4, 0.5) is 0 Å². The van der Waals surface area contributed by atoms with Crippen molar-refractivity contribution < 1.29 is 0 Å². The van der Waals surface area contributed by atoms with Gasteiger partial charge in [-0.3, -0.25) is 0 Å². The summed E-state index contributed by atoms with van der Waals surface area (Å²) in [7, 11) is 0. The van der Waals surface area contributed by atoms with Crippen molar-refractivity contribution in [3.8, 4) is 17.1 Å². The van der Waals surface area contributed by atoms with Crippen molar-refractivity contribution in [3.63, 3.8) is 0 Å². The van der Waals surface area contributed by atoms with Gasteiger partial charge in [-0.25, -0.2) is 4.98 Å². The lowest BCUT2D eigenvalue weighted by molar-refractivity contribution is 1.18. The number of hydrogen-bond donors (Lipinski definition) is 1. The minimum absolute atomic E-state index is 0.895. The number of nitrogens with one attached hydrogen (secondary N) is 1. The Morgan fingerprint density at radius 3 is 2.29 bits per heavy atom. The first-order chi connectivity index (χ1) is 13.9. The van der Waals surface area contributed by atoms with Crippen molar-refractivity contribution in [2.45, 2.75) is 0 Å². The van der Waals surface area contributed by atoms with E-state index in [9.17, 15) is 0 Å². The first-order valence-electron chi connectivity index (χ1n) is 9.43. The Hall–Kier alpha value is -3.85. The predicted molar refractivity (Wildman–Crippen MR) is 116 cm³/mol. The van der Waals surface area contributed by atoms with Crippen LogP contribution >= 0.6 is 0 Å². The molecule has 0 unspecified atom stereocenters. The summed E-state index contributed by atoms with van der Waals surface area (Å²) in [5.41, 5.74) is 6.67. The van der Waals surface area contributed by atoms with Gasteiger partial charge in [-0.2, -0.15) is 0 Å². The third-order valence-electron chi connectivity index (χ3n) is 5.35. The van der Waals surface area contributed by atoms with Crippen LogP contribution in [-0.4, -0.2) is 14.5 Å². The second-order valence-electron chi connectivity index (χ2n) is 6.99. The number of para-hydroxylation sites is 5. The summed E-state index contributed by atoms with van der Waals surface area (Å²) < 4.78 is 2.34. The number of aromatic amines is 1. The highest BCUT2D eigenvalue weighted by molar-refractivity contribution is 6.13. The number of hydrogen-bond acceptors (Lipinski definition) is 1. The van der Waals surface area contributed by atoms with Crippen LogP contribution in [-0.2, 0) is 0 Å². The van der Waals surface area contributed by atoms with Crippen molar-refractivity contribution in [2.24, 2.45) is 0 Å². The molecule has 3 heteroatoms. The van der Waals surface area contributed by atoms with Crippen LogP contribution in [0.5, 0.6) is 0 Å². The van der Waals surface area contributed by atoms with E-state index < -0.39 is 0 Å². The van der Waals surface area contributed by atoms with Gasteiger partial charge in [0.15, 0.2) is 0 Å². The van der Waals surface area contributed by atoms with Gasteiger partial charge in [-0.05, 0) is 36.4 Å². The molecule has 2 aromatic heterocycles. The Labute approximate surface area is 161 Å². The van der Waals surface area contributed by atoms with Crippen molar-refractivity contribution in [1.29, 1.82) is 0 Å². The Balaban J connectivity index is 1.78. The summed E-state index contributed by atoms with van der Waals surface area (Å²) in [5, 5.41) is 2.48. The minimum atomic E-state index is 0.895. The zero-order chi connectivity index (χ0) is 18.5. The SMILES string of the molecule is c1ccc(-n2c3ccccc3c3cccc(-c4nc5ccccc5[nH]4)c32)cc1. The summed E-state index contributed by atoms with van der Waals surface area (Å²) in [6.45, 7) is 0. The van der Waals surface area contributed by atoms with E-state index in [1.807, 2.05) is 18.2 Å². The van der Waals surface area contributed by atoms with Gasteiger partial charge in [0.2, 0.25) is 0 Å². The maximum Gasteiger partial charge on any atom is 0.140 e. The summed E-state index contributed by atoms with van der Waals surface area (Å²) >= 11 is 0. The molecule has 0 spiro atoms. The van der Waals surface area contributed by atoms with Crippen molar-refractivity contribution >= 4 is 32.8 Å². The normalized spacial score (nSPS) is 11.6. The van der Waals surface area contributed by atoms with E-state index in [0.717, 1.165) is 28.1 Å². The first-order valence-corrected chi connectivity index (χ1v) is 9.43. The molecule has 1 N–H and O–H groups in total. The quantitative estimate of drug-likeness (QED) is 0.385. The molecule has 0 atom stereocenters. The molecule has 3 nitrogen and oxygen atoms in total. The number of aromatic nitrogens is 3. The van der Waals surface area contributed by atoms with E-state index in [0.29, 0.717) is 0 Å². The number of nitrogens with zero attached hydrogens (tertiary/aromatic N) is 2. The average Bonchev–Trinajstić information content (AvgIpc) is 3.33. The highest BCUT2D eigenvalue weighted by Gasteiger charge is 2.17. The fourth-order valence-corrected chi connectivity index (χ4v) is 4.14. The van der Waals surface area contributed by atoms with Crippen LogP contribution in [0, 0.1) is 0 Å². The predicted octanol–water partition coefficient (Wildman–Crippen LogP) is 6.33. The van der Waals surface area contributed by atoms with Crippen LogP contribution in [0.1, 0.15) is 0 Å². The maximum atomic E-state index is 4.87. The van der Waals surface area contributed by atoms with Gasteiger partial charge in [0.1, 0.15) is 5.82 Å². The van der Waals surface area contributed by atoms with E-state index in [4.69, 9.17) is 4.98 Å². The topological polar surface area (TPSA) is 33.6 Å². The molecule has 0 fully saturated rings. The van der Waals surface area contributed by atoms with Crippen LogP contribution in [0.3, 0.4) is 0 Å². The Morgan fingerprint density at radius 2 is 1.39 bits per heavy atom. The Kier molecular flexibility index (Phi) is 3.17. The molecule has 0 saturated heterocycles. The molecule has 0 amide bonds. The third-order valence-corrected chi connectivity index (χ3v) is 5.35. The van der Waals surface area contributed by atoms with E-state index in [1.54, 1.807) is 0 Å². The van der Waals surface area contributed by atoms with Crippen molar-refractivity contribution in [2.75, 3.05) is 0 Å². The zero-order valence-corrected chi connectivity index (χ0v) is 15.1. The molecule has 2 heterocycles. The summed E-state index contributed by atoms with van der Waals surface area (Å²) in [6.07, 6.45) is 0. The van der Waals surface area contributed by atoms with Crippen LogP contribution in [0.2, 0.25) is 0 Å². The fraction of sp³-hybridized carbons (Fsp3) is 0. The molecule has 0 aliphatic rings. The molecule has 0 bridgehead atoms. The number of benzene rings is 4. The average molecular weight is 359 g/mol. The lowest BCUT2D eigenvalue weighted by Crippen LogP contribution is -1.95. The van der Waals surface area contributed by atoms with Gasteiger partial charge in [0.25, 0.3) is 0 Å². The smallest absolute Gasteiger partial charge is 0.140 e. The van der Waals surface area contributed by atoms with Gasteiger partial charge in [-0.15, -0.1) is 0 Å². The molecule has 132 valence electrons. The van der Waals surface area contributed by atoms with Gasteiger partial charge in [0.05, 0.1) is 22.1 Å². The summed E-state index contributed by atoms with van der Waals surface area (Å²) in [6, 6.07) is 33.7. The number of imidazole rings is 1. The molecule has 28 heavy (non-hydrogen) atoms. The number of H-pyrrole nitrogens is 1. The van der Waals surface area contributed by atoms with Crippen LogP contribution < -0.4 is 0 Å². The van der Waals surface area contributed by atoms with Gasteiger partial charge in [-0.1, -0.05) is 60.7 Å². The van der Waals surface area contributed by atoms with E-state index >= 15 is 0 Å². The second-order valence-corrected chi connectivity index (χ2v) is 6.99. The molecule has 6 aromatic rings. The summed E-state index contributed by atoms with van der Waals surface area (Å²) in [5.74, 6) is 0.895. The number of fused-ring (bicyclic) bond motifs is 4. The van der Waals surface area contributed by atoms with Crippen molar-refractivity contribution in [1.82, 2.24) is 14.5 Å². The van der Waals surface area contributed by atoms with E-state index in [2.05, 4.69) is 88.4 Å². The van der Waals surface area contributed by atoms with Gasteiger partial charge >= 0.3 is 0 Å². The molecule has 0 saturated carbocycles. The molecule has 4 aromatic carbocycles. The van der Waals surface area contributed by atoms with E-state index in [1.165, 1.54) is 21.8 Å². The standard InChI is InChI=1S/C25H17N3/c1-2-9-17(10-3-1)28-23-16-7-4-11-18(23)19-12-8-13-20(24(19)28)25-26-21-14-5-6-15-22(21)27-25/h1-16H,(H,26,27). The molecular formula is C25H17N3. The molecule has 0 aliphatic carbocycles.